The average molecular weight is 264 g/mol. The van der Waals surface area contributed by atoms with Crippen LogP contribution in [0.25, 0.3) is 0 Å². The lowest BCUT2D eigenvalue weighted by Gasteiger charge is -2.16. The molecule has 0 aromatic heterocycles. The second kappa shape index (κ2) is 9.28. The predicted molar refractivity (Wildman–Crippen MR) is 77.8 cm³/mol. The minimum absolute atomic E-state index is 0.214. The number of hydrogen-bond donors (Lipinski definition) is 1. The Labute approximate surface area is 115 Å². The van der Waals surface area contributed by atoms with Gasteiger partial charge >= 0.3 is 0 Å². The summed E-state index contributed by atoms with van der Waals surface area (Å²) in [6.07, 6.45) is 0.409. The zero-order valence-corrected chi connectivity index (χ0v) is 12.5. The molecule has 0 aliphatic carbocycles. The Morgan fingerprint density at radius 3 is 2.42 bits per heavy atom. The van der Waals surface area contributed by atoms with E-state index in [1.54, 1.807) is 0 Å². The van der Waals surface area contributed by atoms with E-state index in [2.05, 4.69) is 37.4 Å². The summed E-state index contributed by atoms with van der Waals surface area (Å²) in [6.45, 7) is 9.04. The van der Waals surface area contributed by atoms with Crippen LogP contribution in [0.2, 0.25) is 0 Å². The van der Waals surface area contributed by atoms with Crippen molar-refractivity contribution in [2.24, 2.45) is 0 Å². The Morgan fingerprint density at radius 1 is 1.26 bits per heavy atom. The third-order valence-corrected chi connectivity index (χ3v) is 2.66. The maximum atomic E-state index is 11.2. The first-order valence-corrected chi connectivity index (χ1v) is 6.50. The maximum Gasteiger partial charge on any atom is 0.240 e. The Hall–Kier alpha value is -1.68. The number of nitrogens with one attached hydrogen (secondary N) is 1. The lowest BCUT2D eigenvalue weighted by molar-refractivity contribution is -0.125. The standard InChI is InChI=1S/C13H18N2O2.C2H6/c1-10-4-5-12(6-11(10)2)7-15(3)8-13(17)14-9-16;1-2/h4-6,9H,7-8H2,1-3H3,(H,14,16,17);1-2H3. The Kier molecular flexibility index (Phi) is 8.46. The van der Waals surface area contributed by atoms with E-state index in [-0.39, 0.29) is 12.5 Å². The van der Waals surface area contributed by atoms with Crippen molar-refractivity contribution in [1.29, 1.82) is 0 Å². The number of rotatable bonds is 5. The Balaban J connectivity index is 0.00000154. The van der Waals surface area contributed by atoms with E-state index in [1.807, 2.05) is 25.8 Å². The topological polar surface area (TPSA) is 49.4 Å². The molecule has 4 nitrogen and oxygen atoms in total. The van der Waals surface area contributed by atoms with Crippen LogP contribution >= 0.6 is 0 Å². The van der Waals surface area contributed by atoms with Gasteiger partial charge in [-0.3, -0.25) is 19.8 Å². The van der Waals surface area contributed by atoms with E-state index in [4.69, 9.17) is 0 Å². The highest BCUT2D eigenvalue weighted by Crippen LogP contribution is 2.11. The number of hydrogen-bond acceptors (Lipinski definition) is 3. The third kappa shape index (κ3) is 6.72. The molecule has 1 rings (SSSR count). The van der Waals surface area contributed by atoms with Gasteiger partial charge in [-0.25, -0.2) is 0 Å². The highest BCUT2D eigenvalue weighted by molar-refractivity contribution is 5.87. The van der Waals surface area contributed by atoms with Crippen molar-refractivity contribution in [3.63, 3.8) is 0 Å². The van der Waals surface area contributed by atoms with Crippen LogP contribution in [-0.4, -0.2) is 30.8 Å². The van der Waals surface area contributed by atoms with Crippen LogP contribution in [0, 0.1) is 13.8 Å². The van der Waals surface area contributed by atoms with Gasteiger partial charge in [-0.2, -0.15) is 0 Å². The highest BCUT2D eigenvalue weighted by atomic mass is 16.2. The van der Waals surface area contributed by atoms with E-state index in [0.717, 1.165) is 5.56 Å². The normalized spacial score (nSPS) is 9.58. The molecule has 1 aromatic rings. The van der Waals surface area contributed by atoms with Crippen LogP contribution in [0.1, 0.15) is 30.5 Å². The lowest BCUT2D eigenvalue weighted by Crippen LogP contribution is -2.34. The first kappa shape index (κ1) is 17.3. The van der Waals surface area contributed by atoms with E-state index in [0.29, 0.717) is 13.0 Å². The second-order valence-electron chi connectivity index (χ2n) is 4.28. The van der Waals surface area contributed by atoms with Crippen LogP contribution < -0.4 is 5.32 Å². The molecule has 0 radical (unpaired) electrons. The zero-order chi connectivity index (χ0) is 14.8. The van der Waals surface area contributed by atoms with Crippen molar-refractivity contribution in [2.45, 2.75) is 34.2 Å². The monoisotopic (exact) mass is 264 g/mol. The van der Waals surface area contributed by atoms with Crippen LogP contribution in [0.15, 0.2) is 18.2 Å². The maximum absolute atomic E-state index is 11.2. The van der Waals surface area contributed by atoms with Crippen molar-refractivity contribution in [2.75, 3.05) is 13.6 Å². The van der Waals surface area contributed by atoms with Gasteiger partial charge in [0.05, 0.1) is 6.54 Å². The van der Waals surface area contributed by atoms with Crippen LogP contribution in [0.3, 0.4) is 0 Å². The summed E-state index contributed by atoms with van der Waals surface area (Å²) in [5.41, 5.74) is 3.66. The van der Waals surface area contributed by atoms with Crippen LogP contribution in [0.4, 0.5) is 0 Å². The molecule has 4 heteroatoms. The molecular formula is C15H24N2O2. The van der Waals surface area contributed by atoms with Crippen molar-refractivity contribution in [1.82, 2.24) is 10.2 Å². The molecule has 0 aliphatic rings. The number of carbonyl (C=O) groups is 2. The van der Waals surface area contributed by atoms with Gasteiger partial charge in [0, 0.05) is 6.54 Å². The number of amides is 2. The summed E-state index contributed by atoms with van der Waals surface area (Å²) in [7, 11) is 1.85. The number of carbonyl (C=O) groups excluding carboxylic acids is 2. The fraction of sp³-hybridized carbons (Fsp3) is 0.467. The Morgan fingerprint density at radius 2 is 1.89 bits per heavy atom. The first-order chi connectivity index (χ1) is 9.02. The van der Waals surface area contributed by atoms with E-state index in [9.17, 15) is 9.59 Å². The van der Waals surface area contributed by atoms with Gasteiger partial charge < -0.3 is 0 Å². The molecule has 0 fully saturated rings. The molecular weight excluding hydrogens is 240 g/mol. The summed E-state index contributed by atoms with van der Waals surface area (Å²) in [4.78, 5) is 23.1. The minimum atomic E-state index is -0.286. The van der Waals surface area contributed by atoms with Gasteiger partial charge in [-0.15, -0.1) is 0 Å². The van der Waals surface area contributed by atoms with Crippen molar-refractivity contribution < 1.29 is 9.59 Å². The predicted octanol–water partition coefficient (Wildman–Crippen LogP) is 2.03. The summed E-state index contributed by atoms with van der Waals surface area (Å²) >= 11 is 0. The molecule has 19 heavy (non-hydrogen) atoms. The van der Waals surface area contributed by atoms with E-state index in [1.165, 1.54) is 11.1 Å². The number of nitrogens with zero attached hydrogens (tertiary/aromatic N) is 1. The molecule has 2 amide bonds. The SMILES string of the molecule is CC.Cc1ccc(CN(C)CC(=O)NC=O)cc1C. The summed E-state index contributed by atoms with van der Waals surface area (Å²) < 4.78 is 0. The number of imide groups is 1. The Bertz CT molecular complexity index is 417. The number of aryl methyl sites for hydroxylation is 2. The fourth-order valence-electron chi connectivity index (χ4n) is 1.63. The second-order valence-corrected chi connectivity index (χ2v) is 4.28. The highest BCUT2D eigenvalue weighted by Gasteiger charge is 2.06. The van der Waals surface area contributed by atoms with Gasteiger partial charge in [0.2, 0.25) is 12.3 Å². The summed E-state index contributed by atoms with van der Waals surface area (Å²) in [6, 6.07) is 6.24. The van der Waals surface area contributed by atoms with Gasteiger partial charge in [-0.05, 0) is 37.6 Å². The van der Waals surface area contributed by atoms with E-state index < -0.39 is 0 Å². The van der Waals surface area contributed by atoms with Gasteiger partial charge in [0.1, 0.15) is 0 Å². The molecule has 0 spiro atoms. The molecule has 0 atom stereocenters. The fourth-order valence-corrected chi connectivity index (χ4v) is 1.63. The third-order valence-electron chi connectivity index (χ3n) is 2.66. The van der Waals surface area contributed by atoms with Gasteiger partial charge in [0.25, 0.3) is 0 Å². The summed E-state index contributed by atoms with van der Waals surface area (Å²) in [5.74, 6) is -0.286. The van der Waals surface area contributed by atoms with Gasteiger partial charge in [0.15, 0.2) is 0 Å². The number of likely N-dealkylation sites (N-methyl/N-ethyl adjacent to an activating group) is 1. The van der Waals surface area contributed by atoms with Crippen LogP contribution in [-0.2, 0) is 16.1 Å². The van der Waals surface area contributed by atoms with Crippen LogP contribution in [0.5, 0.6) is 0 Å². The van der Waals surface area contributed by atoms with E-state index >= 15 is 0 Å². The molecule has 0 bridgehead atoms. The molecule has 0 aliphatic heterocycles. The first-order valence-electron chi connectivity index (χ1n) is 6.50. The zero-order valence-electron chi connectivity index (χ0n) is 12.5. The lowest BCUT2D eigenvalue weighted by atomic mass is 10.1. The van der Waals surface area contributed by atoms with Crippen molar-refractivity contribution >= 4 is 12.3 Å². The van der Waals surface area contributed by atoms with Crippen molar-refractivity contribution in [3.8, 4) is 0 Å². The van der Waals surface area contributed by atoms with Gasteiger partial charge in [-0.1, -0.05) is 32.0 Å². The molecule has 0 unspecified atom stereocenters. The van der Waals surface area contributed by atoms with Crippen molar-refractivity contribution in [3.05, 3.63) is 34.9 Å². The number of benzene rings is 1. The quantitative estimate of drug-likeness (QED) is 0.828. The minimum Gasteiger partial charge on any atom is -0.298 e. The molecule has 0 saturated carbocycles. The average Bonchev–Trinajstić information content (AvgIpc) is 2.36. The molecule has 0 heterocycles. The summed E-state index contributed by atoms with van der Waals surface area (Å²) in [5, 5.41) is 2.12. The smallest absolute Gasteiger partial charge is 0.240 e. The largest absolute Gasteiger partial charge is 0.298 e. The molecule has 1 N–H and O–H groups in total. The molecule has 106 valence electrons. The molecule has 0 saturated heterocycles. The molecule has 1 aromatic carbocycles.